The molecule has 1 aliphatic heterocycles. The average molecular weight is 307 g/mol. The first-order valence-corrected chi connectivity index (χ1v) is 9.19. The van der Waals surface area contributed by atoms with Crippen molar-refractivity contribution in [1.82, 2.24) is 4.90 Å². The van der Waals surface area contributed by atoms with Crippen molar-refractivity contribution >= 4 is 11.7 Å². The molecule has 0 aromatic rings. The Balaban J connectivity index is 2.33. The summed E-state index contributed by atoms with van der Waals surface area (Å²) in [6.45, 7) is 5.20. The number of hydrogen-bond acceptors (Lipinski definition) is 2. The molecule has 0 aromatic heterocycles. The Morgan fingerprint density at radius 2 is 1.77 bits per heavy atom. The Hall–Kier alpha value is -1.12. The van der Waals surface area contributed by atoms with Crippen LogP contribution in [-0.4, -0.2) is 29.2 Å². The molecule has 1 heterocycles. The lowest BCUT2D eigenvalue weighted by atomic mass is 10.1. The number of allylic oxidation sites excluding steroid dienone is 1. The molecular formula is C19H33NO2. The molecule has 1 amide bonds. The van der Waals surface area contributed by atoms with Crippen LogP contribution in [0.1, 0.15) is 84.5 Å². The number of amides is 1. The highest BCUT2D eigenvalue weighted by atomic mass is 16.2. The van der Waals surface area contributed by atoms with E-state index in [1.54, 1.807) is 6.08 Å². The average Bonchev–Trinajstić information content (AvgIpc) is 2.86. The number of ketones is 1. The highest BCUT2D eigenvalue weighted by Crippen LogP contribution is 2.21. The van der Waals surface area contributed by atoms with Crippen molar-refractivity contribution in [2.75, 3.05) is 6.54 Å². The van der Waals surface area contributed by atoms with E-state index in [-0.39, 0.29) is 17.7 Å². The lowest BCUT2D eigenvalue weighted by molar-refractivity contribution is -0.128. The summed E-state index contributed by atoms with van der Waals surface area (Å²) >= 11 is 0. The highest BCUT2D eigenvalue weighted by molar-refractivity contribution is 5.90. The molecule has 0 aliphatic carbocycles. The standard InChI is InChI=1S/C19H33NO2/c1-3-5-7-8-10-16-20-17(13-15-19(20)22)12-14-18(21)11-9-6-4-2/h12,14,17H,3-11,13,15-16H2,1-2H3/b14-12+. The third-order valence-corrected chi connectivity index (χ3v) is 4.41. The van der Waals surface area contributed by atoms with Crippen LogP contribution in [0.2, 0.25) is 0 Å². The second kappa shape index (κ2) is 11.4. The van der Waals surface area contributed by atoms with E-state index in [0.29, 0.717) is 12.8 Å². The first-order valence-electron chi connectivity index (χ1n) is 9.19. The minimum Gasteiger partial charge on any atom is -0.336 e. The van der Waals surface area contributed by atoms with Gasteiger partial charge in [0.25, 0.3) is 0 Å². The summed E-state index contributed by atoms with van der Waals surface area (Å²) in [7, 11) is 0. The molecule has 3 heteroatoms. The minimum absolute atomic E-state index is 0.147. The maximum Gasteiger partial charge on any atom is 0.223 e. The van der Waals surface area contributed by atoms with Gasteiger partial charge in [-0.1, -0.05) is 58.4 Å². The van der Waals surface area contributed by atoms with Gasteiger partial charge in [-0.25, -0.2) is 0 Å². The van der Waals surface area contributed by atoms with Crippen LogP contribution in [0.25, 0.3) is 0 Å². The Morgan fingerprint density at radius 1 is 1.09 bits per heavy atom. The zero-order chi connectivity index (χ0) is 16.2. The van der Waals surface area contributed by atoms with Crippen LogP contribution >= 0.6 is 0 Å². The molecule has 0 spiro atoms. The number of likely N-dealkylation sites (tertiary alicyclic amines) is 1. The van der Waals surface area contributed by atoms with Gasteiger partial charge < -0.3 is 4.90 Å². The molecule has 0 aromatic carbocycles. The van der Waals surface area contributed by atoms with E-state index in [2.05, 4.69) is 13.8 Å². The van der Waals surface area contributed by atoms with Crippen molar-refractivity contribution < 1.29 is 9.59 Å². The van der Waals surface area contributed by atoms with Gasteiger partial charge >= 0.3 is 0 Å². The molecule has 1 aliphatic rings. The molecule has 1 rings (SSSR count). The monoisotopic (exact) mass is 307 g/mol. The SMILES string of the molecule is CCCCCCCN1C(=O)CCC1/C=C/C(=O)CCCCC. The van der Waals surface area contributed by atoms with Gasteiger partial charge in [0.2, 0.25) is 5.91 Å². The van der Waals surface area contributed by atoms with Crippen molar-refractivity contribution in [2.45, 2.75) is 90.5 Å². The third kappa shape index (κ3) is 7.24. The molecular weight excluding hydrogens is 274 g/mol. The van der Waals surface area contributed by atoms with Crippen LogP contribution in [-0.2, 0) is 9.59 Å². The number of carbonyl (C=O) groups is 2. The summed E-state index contributed by atoms with van der Waals surface area (Å²) in [5, 5.41) is 0. The van der Waals surface area contributed by atoms with Crippen LogP contribution in [0.15, 0.2) is 12.2 Å². The summed E-state index contributed by atoms with van der Waals surface area (Å²) in [5.74, 6) is 0.458. The van der Waals surface area contributed by atoms with Crippen LogP contribution in [0.4, 0.5) is 0 Å². The van der Waals surface area contributed by atoms with Gasteiger partial charge in [0.05, 0.1) is 6.04 Å². The molecule has 0 radical (unpaired) electrons. The molecule has 126 valence electrons. The summed E-state index contributed by atoms with van der Waals surface area (Å²) in [6, 6.07) is 0.147. The Morgan fingerprint density at radius 3 is 2.50 bits per heavy atom. The van der Waals surface area contributed by atoms with E-state index in [1.807, 2.05) is 11.0 Å². The van der Waals surface area contributed by atoms with Gasteiger partial charge in [0, 0.05) is 19.4 Å². The fraction of sp³-hybridized carbons (Fsp3) is 0.789. The largest absolute Gasteiger partial charge is 0.336 e. The summed E-state index contributed by atoms with van der Waals surface area (Å²) in [4.78, 5) is 25.7. The first-order chi connectivity index (χ1) is 10.7. The third-order valence-electron chi connectivity index (χ3n) is 4.41. The Labute approximate surface area is 136 Å². The first kappa shape index (κ1) is 18.9. The maximum atomic E-state index is 12.0. The van der Waals surface area contributed by atoms with E-state index >= 15 is 0 Å². The highest BCUT2D eigenvalue weighted by Gasteiger charge is 2.28. The predicted molar refractivity (Wildman–Crippen MR) is 91.8 cm³/mol. The fourth-order valence-electron chi connectivity index (χ4n) is 2.98. The number of nitrogens with zero attached hydrogens (tertiary/aromatic N) is 1. The van der Waals surface area contributed by atoms with E-state index in [0.717, 1.165) is 38.6 Å². The topological polar surface area (TPSA) is 37.4 Å². The van der Waals surface area contributed by atoms with Crippen LogP contribution in [0.3, 0.4) is 0 Å². The molecule has 3 nitrogen and oxygen atoms in total. The fourth-order valence-corrected chi connectivity index (χ4v) is 2.98. The van der Waals surface area contributed by atoms with Gasteiger partial charge in [0.1, 0.15) is 0 Å². The van der Waals surface area contributed by atoms with Crippen molar-refractivity contribution in [1.29, 1.82) is 0 Å². The van der Waals surface area contributed by atoms with Gasteiger partial charge in [-0.15, -0.1) is 0 Å². The van der Waals surface area contributed by atoms with Crippen LogP contribution in [0, 0.1) is 0 Å². The minimum atomic E-state index is 0.147. The summed E-state index contributed by atoms with van der Waals surface area (Å²) < 4.78 is 0. The van der Waals surface area contributed by atoms with Crippen molar-refractivity contribution in [3.63, 3.8) is 0 Å². The summed E-state index contributed by atoms with van der Waals surface area (Å²) in [5.41, 5.74) is 0. The molecule has 1 atom stereocenters. The quantitative estimate of drug-likeness (QED) is 0.388. The van der Waals surface area contributed by atoms with Crippen LogP contribution < -0.4 is 0 Å². The maximum absolute atomic E-state index is 12.0. The number of carbonyl (C=O) groups excluding carboxylic acids is 2. The molecule has 0 N–H and O–H groups in total. The second-order valence-electron chi connectivity index (χ2n) is 6.39. The molecule has 0 bridgehead atoms. The van der Waals surface area contributed by atoms with Gasteiger partial charge in [-0.05, 0) is 25.3 Å². The predicted octanol–water partition coefficient (Wildman–Crippen LogP) is 4.65. The normalized spacial score (nSPS) is 18.5. The molecule has 1 saturated heterocycles. The zero-order valence-electron chi connectivity index (χ0n) is 14.5. The number of unbranched alkanes of at least 4 members (excludes halogenated alkanes) is 6. The lowest BCUT2D eigenvalue weighted by Crippen LogP contribution is -2.32. The van der Waals surface area contributed by atoms with Gasteiger partial charge in [-0.2, -0.15) is 0 Å². The van der Waals surface area contributed by atoms with E-state index in [4.69, 9.17) is 0 Å². The molecule has 1 fully saturated rings. The van der Waals surface area contributed by atoms with Gasteiger partial charge in [-0.3, -0.25) is 9.59 Å². The van der Waals surface area contributed by atoms with Crippen molar-refractivity contribution in [3.8, 4) is 0 Å². The zero-order valence-corrected chi connectivity index (χ0v) is 14.5. The van der Waals surface area contributed by atoms with Crippen molar-refractivity contribution in [3.05, 3.63) is 12.2 Å². The molecule has 1 unspecified atom stereocenters. The van der Waals surface area contributed by atoms with E-state index in [1.165, 1.54) is 25.7 Å². The summed E-state index contributed by atoms with van der Waals surface area (Å²) in [6.07, 6.45) is 15.1. The number of rotatable bonds is 12. The number of hydrogen-bond donors (Lipinski definition) is 0. The Kier molecular flexibility index (Phi) is 9.85. The second-order valence-corrected chi connectivity index (χ2v) is 6.39. The molecule has 0 saturated carbocycles. The molecule has 22 heavy (non-hydrogen) atoms. The van der Waals surface area contributed by atoms with Crippen LogP contribution in [0.5, 0.6) is 0 Å². The van der Waals surface area contributed by atoms with Crippen molar-refractivity contribution in [2.24, 2.45) is 0 Å². The smallest absolute Gasteiger partial charge is 0.223 e. The van der Waals surface area contributed by atoms with Gasteiger partial charge in [0.15, 0.2) is 5.78 Å². The Bertz CT molecular complexity index is 362. The van der Waals surface area contributed by atoms with E-state index in [9.17, 15) is 9.59 Å². The lowest BCUT2D eigenvalue weighted by Gasteiger charge is -2.22. The van der Waals surface area contributed by atoms with E-state index < -0.39 is 0 Å².